The SMILES string of the molecule is CCc1ccc2c(c1)C(=O)N1CCCC[C@H]1c1cc3nc(OCCN)cc(n3n1)N(C)CCNC(=O)CO2. The van der Waals surface area contributed by atoms with E-state index < -0.39 is 0 Å². The molecule has 2 amide bonds. The lowest BCUT2D eigenvalue weighted by molar-refractivity contribution is -0.123. The van der Waals surface area contributed by atoms with Gasteiger partial charge in [0.25, 0.3) is 11.8 Å². The van der Waals surface area contributed by atoms with Gasteiger partial charge in [-0.25, -0.2) is 0 Å². The van der Waals surface area contributed by atoms with Gasteiger partial charge < -0.3 is 30.3 Å². The van der Waals surface area contributed by atoms with Crippen molar-refractivity contribution in [3.8, 4) is 11.6 Å². The minimum atomic E-state index is -0.257. The number of anilines is 1. The fourth-order valence-electron chi connectivity index (χ4n) is 5.02. The summed E-state index contributed by atoms with van der Waals surface area (Å²) in [6.45, 7) is 4.12. The summed E-state index contributed by atoms with van der Waals surface area (Å²) >= 11 is 0. The number of carbonyl (C=O) groups is 2. The van der Waals surface area contributed by atoms with Gasteiger partial charge in [-0.3, -0.25) is 9.59 Å². The Hall–Kier alpha value is -3.86. The van der Waals surface area contributed by atoms with Crippen LogP contribution < -0.4 is 25.4 Å². The Morgan fingerprint density at radius 3 is 2.87 bits per heavy atom. The number of likely N-dealkylation sites (N-methyl/N-ethyl adjacent to an activating group) is 1. The van der Waals surface area contributed by atoms with Crippen LogP contribution in [0.3, 0.4) is 0 Å². The van der Waals surface area contributed by atoms with Crippen LogP contribution in [0.4, 0.5) is 5.82 Å². The molecule has 11 heteroatoms. The number of nitrogens with zero attached hydrogens (tertiary/aromatic N) is 5. The average molecular weight is 522 g/mol. The summed E-state index contributed by atoms with van der Waals surface area (Å²) < 4.78 is 13.4. The molecule has 202 valence electrons. The number of amides is 2. The summed E-state index contributed by atoms with van der Waals surface area (Å²) in [6, 6.07) is 9.15. The summed E-state index contributed by atoms with van der Waals surface area (Å²) in [5, 5.41) is 7.83. The molecular formula is C27H35N7O4. The molecule has 1 saturated heterocycles. The zero-order valence-corrected chi connectivity index (χ0v) is 22.0. The highest BCUT2D eigenvalue weighted by atomic mass is 16.5. The average Bonchev–Trinajstić information content (AvgIpc) is 3.37. The molecule has 1 atom stereocenters. The topological polar surface area (TPSA) is 127 Å². The number of carbonyl (C=O) groups excluding carboxylic acids is 2. The standard InChI is InChI=1S/C27H35N7O4/c1-3-18-7-8-22-19(14-18)27(36)33-11-5-4-6-21(33)20-15-23-30-25(37-13-9-28)16-26(34(23)31-20)32(2)12-10-29-24(35)17-38-22/h7-8,14-16,21H,3-6,9-13,17,28H2,1-2H3,(H,29,35)/t21-/m0/s1. The lowest BCUT2D eigenvalue weighted by atomic mass is 9.97. The molecule has 1 aromatic carbocycles. The normalized spacial score (nSPS) is 18.7. The summed E-state index contributed by atoms with van der Waals surface area (Å²) in [5.74, 6) is 1.24. The Balaban J connectivity index is 1.62. The van der Waals surface area contributed by atoms with E-state index in [2.05, 4.69) is 10.3 Å². The van der Waals surface area contributed by atoms with E-state index in [1.165, 1.54) is 0 Å². The van der Waals surface area contributed by atoms with E-state index in [1.807, 2.05) is 48.0 Å². The molecule has 3 N–H and O–H groups in total. The number of fused-ring (bicyclic) bond motifs is 4. The van der Waals surface area contributed by atoms with Gasteiger partial charge in [-0.2, -0.15) is 14.6 Å². The first kappa shape index (κ1) is 25.8. The highest BCUT2D eigenvalue weighted by molar-refractivity contribution is 5.97. The summed E-state index contributed by atoms with van der Waals surface area (Å²) in [6.07, 6.45) is 3.48. The van der Waals surface area contributed by atoms with Crippen LogP contribution in [0.5, 0.6) is 11.6 Å². The number of rotatable bonds is 4. The Labute approximate surface area is 221 Å². The van der Waals surface area contributed by atoms with E-state index in [0.29, 0.717) is 55.6 Å². The van der Waals surface area contributed by atoms with Crippen LogP contribution in [0, 0.1) is 0 Å². The molecule has 4 heterocycles. The van der Waals surface area contributed by atoms with Crippen LogP contribution >= 0.6 is 0 Å². The summed E-state index contributed by atoms with van der Waals surface area (Å²) in [4.78, 5) is 35.1. The van der Waals surface area contributed by atoms with Crippen molar-refractivity contribution >= 4 is 23.3 Å². The van der Waals surface area contributed by atoms with Gasteiger partial charge >= 0.3 is 0 Å². The number of aryl methyl sites for hydroxylation is 1. The van der Waals surface area contributed by atoms with Crippen molar-refractivity contribution < 1.29 is 19.1 Å². The molecule has 2 aromatic heterocycles. The zero-order valence-electron chi connectivity index (χ0n) is 22.0. The van der Waals surface area contributed by atoms with Crippen molar-refractivity contribution in [3.63, 3.8) is 0 Å². The maximum Gasteiger partial charge on any atom is 0.258 e. The Kier molecular flexibility index (Phi) is 7.64. The molecule has 0 unspecified atom stereocenters. The van der Waals surface area contributed by atoms with E-state index in [1.54, 1.807) is 10.6 Å². The largest absolute Gasteiger partial charge is 0.483 e. The first-order valence-electron chi connectivity index (χ1n) is 13.3. The number of hydrogen-bond acceptors (Lipinski definition) is 8. The van der Waals surface area contributed by atoms with E-state index >= 15 is 0 Å². The predicted molar refractivity (Wildman–Crippen MR) is 143 cm³/mol. The highest BCUT2D eigenvalue weighted by Crippen LogP contribution is 2.35. The van der Waals surface area contributed by atoms with Gasteiger partial charge in [0.05, 0.1) is 17.3 Å². The molecule has 3 aromatic rings. The van der Waals surface area contributed by atoms with Gasteiger partial charge in [-0.1, -0.05) is 13.0 Å². The van der Waals surface area contributed by atoms with Crippen LogP contribution in [-0.4, -0.2) is 77.8 Å². The predicted octanol–water partition coefficient (Wildman–Crippen LogP) is 1.94. The number of benzene rings is 1. The molecule has 5 rings (SSSR count). The van der Waals surface area contributed by atoms with Gasteiger partial charge in [0.1, 0.15) is 18.2 Å². The second kappa shape index (κ2) is 11.3. The fourth-order valence-corrected chi connectivity index (χ4v) is 5.02. The zero-order chi connectivity index (χ0) is 26.6. The molecule has 11 nitrogen and oxygen atoms in total. The Morgan fingerprint density at radius 2 is 2.05 bits per heavy atom. The fraction of sp³-hybridized carbons (Fsp3) is 0.481. The van der Waals surface area contributed by atoms with E-state index in [4.69, 9.17) is 20.3 Å². The van der Waals surface area contributed by atoms with E-state index in [0.717, 1.165) is 42.8 Å². The first-order chi connectivity index (χ1) is 18.5. The molecular weight excluding hydrogens is 486 g/mol. The van der Waals surface area contributed by atoms with Crippen molar-refractivity contribution in [3.05, 3.63) is 47.2 Å². The summed E-state index contributed by atoms with van der Waals surface area (Å²) in [7, 11) is 1.92. The number of nitrogens with one attached hydrogen (secondary N) is 1. The third-order valence-corrected chi connectivity index (χ3v) is 7.08. The molecule has 0 radical (unpaired) electrons. The molecule has 2 bridgehead atoms. The molecule has 0 spiro atoms. The lowest BCUT2D eigenvalue weighted by Crippen LogP contribution is -2.39. The minimum Gasteiger partial charge on any atom is -0.483 e. The Bertz CT molecular complexity index is 1320. The Morgan fingerprint density at radius 1 is 1.18 bits per heavy atom. The van der Waals surface area contributed by atoms with Crippen molar-refractivity contribution in [1.82, 2.24) is 24.8 Å². The molecule has 2 aliphatic rings. The number of hydrogen-bond donors (Lipinski definition) is 2. The van der Waals surface area contributed by atoms with Gasteiger partial charge in [-0.05, 0) is 43.4 Å². The first-order valence-corrected chi connectivity index (χ1v) is 13.3. The minimum absolute atomic E-state index is 0.123. The van der Waals surface area contributed by atoms with Crippen LogP contribution in [-0.2, 0) is 11.2 Å². The lowest BCUT2D eigenvalue weighted by Gasteiger charge is -2.35. The van der Waals surface area contributed by atoms with Crippen LogP contribution in [0.25, 0.3) is 5.65 Å². The molecule has 1 fully saturated rings. The molecule has 38 heavy (non-hydrogen) atoms. The number of nitrogens with two attached hydrogens (primary N) is 1. The maximum atomic E-state index is 14.0. The highest BCUT2D eigenvalue weighted by Gasteiger charge is 2.33. The quantitative estimate of drug-likeness (QED) is 0.533. The third kappa shape index (κ3) is 5.24. The number of ether oxygens (including phenoxy) is 2. The van der Waals surface area contributed by atoms with Crippen molar-refractivity contribution in [2.75, 3.05) is 51.3 Å². The molecule has 2 aliphatic heterocycles. The third-order valence-electron chi connectivity index (χ3n) is 7.08. The van der Waals surface area contributed by atoms with Gasteiger partial charge in [0.15, 0.2) is 12.3 Å². The van der Waals surface area contributed by atoms with Crippen molar-refractivity contribution in [2.24, 2.45) is 5.73 Å². The van der Waals surface area contributed by atoms with Gasteiger partial charge in [-0.15, -0.1) is 0 Å². The maximum absolute atomic E-state index is 14.0. The number of aromatic nitrogens is 3. The summed E-state index contributed by atoms with van der Waals surface area (Å²) in [5.41, 5.74) is 8.55. The molecule has 0 saturated carbocycles. The van der Waals surface area contributed by atoms with Crippen molar-refractivity contribution in [1.29, 1.82) is 0 Å². The van der Waals surface area contributed by atoms with Crippen LogP contribution in [0.2, 0.25) is 0 Å². The van der Waals surface area contributed by atoms with Gasteiger partial charge in [0, 0.05) is 45.4 Å². The second-order valence-electron chi connectivity index (χ2n) is 9.68. The number of piperidine rings is 1. The monoisotopic (exact) mass is 521 g/mol. The smallest absolute Gasteiger partial charge is 0.258 e. The van der Waals surface area contributed by atoms with Crippen LogP contribution in [0.1, 0.15) is 53.8 Å². The van der Waals surface area contributed by atoms with Gasteiger partial charge in [0.2, 0.25) is 5.88 Å². The molecule has 0 aliphatic carbocycles. The van der Waals surface area contributed by atoms with E-state index in [9.17, 15) is 9.59 Å². The van der Waals surface area contributed by atoms with Crippen LogP contribution in [0.15, 0.2) is 30.3 Å². The van der Waals surface area contributed by atoms with E-state index in [-0.39, 0.29) is 24.5 Å². The second-order valence-corrected chi connectivity index (χ2v) is 9.68. The van der Waals surface area contributed by atoms with Crippen molar-refractivity contribution in [2.45, 2.75) is 38.6 Å².